The Bertz CT molecular complexity index is 535. The van der Waals surface area contributed by atoms with E-state index in [4.69, 9.17) is 11.6 Å². The van der Waals surface area contributed by atoms with Crippen LogP contribution in [0.25, 0.3) is 0 Å². The third kappa shape index (κ3) is 3.72. The Balaban J connectivity index is 1.92. The lowest BCUT2D eigenvalue weighted by Crippen LogP contribution is -2.13. The van der Waals surface area contributed by atoms with Gasteiger partial charge in [0, 0.05) is 13.1 Å². The van der Waals surface area contributed by atoms with E-state index in [0.717, 1.165) is 17.7 Å². The maximum atomic E-state index is 13.0. The Kier molecular flexibility index (Phi) is 4.45. The molecule has 0 saturated carbocycles. The van der Waals surface area contributed by atoms with Crippen LogP contribution in [0.3, 0.4) is 0 Å². The summed E-state index contributed by atoms with van der Waals surface area (Å²) in [6.45, 7) is 0.838. The van der Waals surface area contributed by atoms with Crippen molar-refractivity contribution in [1.82, 2.24) is 5.32 Å². The summed E-state index contributed by atoms with van der Waals surface area (Å²) in [5, 5.41) is 3.10. The van der Waals surface area contributed by atoms with Crippen LogP contribution in [0.15, 0.2) is 36.4 Å². The molecule has 0 aromatic heterocycles. The van der Waals surface area contributed by atoms with Gasteiger partial charge in [0.05, 0.1) is 5.02 Å². The number of halogens is 4. The molecule has 0 fully saturated rings. The minimum Gasteiger partial charge on any atom is -0.309 e. The molecule has 1 N–H and O–H groups in total. The smallest absolute Gasteiger partial charge is 0.159 e. The molecule has 0 amide bonds. The highest BCUT2D eigenvalue weighted by molar-refractivity contribution is 6.30. The molecule has 0 bridgehead atoms. The lowest BCUT2D eigenvalue weighted by atomic mass is 10.2. The predicted molar refractivity (Wildman–Crippen MR) is 68.3 cm³/mol. The normalized spacial score (nSPS) is 10.7. The van der Waals surface area contributed by atoms with Crippen molar-refractivity contribution in [3.8, 4) is 0 Å². The number of nitrogens with one attached hydrogen (secondary N) is 1. The Labute approximate surface area is 114 Å². The molecule has 0 spiro atoms. The van der Waals surface area contributed by atoms with Gasteiger partial charge in [-0.25, -0.2) is 13.2 Å². The summed E-state index contributed by atoms with van der Waals surface area (Å²) < 4.78 is 38.6. The van der Waals surface area contributed by atoms with Crippen LogP contribution in [0.1, 0.15) is 11.1 Å². The first-order valence-corrected chi connectivity index (χ1v) is 6.02. The lowest BCUT2D eigenvalue weighted by Gasteiger charge is -2.06. The Morgan fingerprint density at radius 1 is 0.789 bits per heavy atom. The van der Waals surface area contributed by atoms with Gasteiger partial charge in [0.25, 0.3) is 0 Å². The molecule has 0 aliphatic carbocycles. The van der Waals surface area contributed by atoms with Gasteiger partial charge in [-0.05, 0) is 35.4 Å². The molecule has 19 heavy (non-hydrogen) atoms. The average Bonchev–Trinajstić information content (AvgIpc) is 2.38. The van der Waals surface area contributed by atoms with E-state index >= 15 is 0 Å². The molecule has 5 heteroatoms. The van der Waals surface area contributed by atoms with Gasteiger partial charge in [0.15, 0.2) is 11.6 Å². The van der Waals surface area contributed by atoms with Gasteiger partial charge in [-0.1, -0.05) is 23.7 Å². The van der Waals surface area contributed by atoms with Crippen molar-refractivity contribution in [3.05, 3.63) is 70.0 Å². The predicted octanol–water partition coefficient (Wildman–Crippen LogP) is 4.05. The highest BCUT2D eigenvalue weighted by atomic mass is 35.5. The summed E-state index contributed by atoms with van der Waals surface area (Å²) >= 11 is 5.65. The average molecular weight is 286 g/mol. The summed E-state index contributed by atoms with van der Waals surface area (Å²) in [4.78, 5) is 0. The highest BCUT2D eigenvalue weighted by Gasteiger charge is 2.03. The molecule has 2 rings (SSSR count). The number of rotatable bonds is 4. The Morgan fingerprint density at radius 2 is 1.37 bits per heavy atom. The fraction of sp³-hybridized carbons (Fsp3) is 0.143. The van der Waals surface area contributed by atoms with E-state index in [-0.39, 0.29) is 5.02 Å². The van der Waals surface area contributed by atoms with Crippen molar-refractivity contribution in [3.63, 3.8) is 0 Å². The van der Waals surface area contributed by atoms with Crippen molar-refractivity contribution in [2.45, 2.75) is 13.1 Å². The molecule has 0 aliphatic heterocycles. The second kappa shape index (κ2) is 6.08. The first-order chi connectivity index (χ1) is 9.06. The van der Waals surface area contributed by atoms with Crippen LogP contribution in [0.2, 0.25) is 5.02 Å². The van der Waals surface area contributed by atoms with Gasteiger partial charge < -0.3 is 5.32 Å². The fourth-order valence-corrected chi connectivity index (χ4v) is 1.85. The van der Waals surface area contributed by atoms with E-state index in [1.807, 2.05) is 0 Å². The zero-order valence-electron chi connectivity index (χ0n) is 9.89. The minimum absolute atomic E-state index is 0.0622. The lowest BCUT2D eigenvalue weighted by molar-refractivity contribution is 0.506. The van der Waals surface area contributed by atoms with Crippen LogP contribution in [0.5, 0.6) is 0 Å². The SMILES string of the molecule is Fc1ccc(CNCc2ccc(F)c(Cl)c2)cc1F. The number of hydrogen-bond donors (Lipinski definition) is 1. The van der Waals surface area contributed by atoms with E-state index in [2.05, 4.69) is 5.32 Å². The first kappa shape index (κ1) is 13.9. The van der Waals surface area contributed by atoms with Gasteiger partial charge in [0.2, 0.25) is 0 Å². The quantitative estimate of drug-likeness (QED) is 0.894. The Hall–Kier alpha value is -1.52. The Morgan fingerprint density at radius 3 is 1.95 bits per heavy atom. The second-order valence-corrected chi connectivity index (χ2v) is 4.51. The van der Waals surface area contributed by atoms with Crippen molar-refractivity contribution in [1.29, 1.82) is 0 Å². The first-order valence-electron chi connectivity index (χ1n) is 5.65. The van der Waals surface area contributed by atoms with E-state index in [1.54, 1.807) is 6.07 Å². The maximum Gasteiger partial charge on any atom is 0.159 e. The molecule has 2 aromatic rings. The van der Waals surface area contributed by atoms with Crippen LogP contribution >= 0.6 is 11.6 Å². The van der Waals surface area contributed by atoms with Crippen LogP contribution in [-0.2, 0) is 13.1 Å². The third-order valence-corrected chi connectivity index (χ3v) is 2.92. The van der Waals surface area contributed by atoms with E-state index in [9.17, 15) is 13.2 Å². The van der Waals surface area contributed by atoms with Crippen molar-refractivity contribution in [2.75, 3.05) is 0 Å². The molecule has 0 radical (unpaired) electrons. The van der Waals surface area contributed by atoms with Crippen LogP contribution in [0.4, 0.5) is 13.2 Å². The summed E-state index contributed by atoms with van der Waals surface area (Å²) in [7, 11) is 0. The van der Waals surface area contributed by atoms with Crippen molar-refractivity contribution in [2.24, 2.45) is 0 Å². The van der Waals surface area contributed by atoms with E-state index in [0.29, 0.717) is 18.7 Å². The summed E-state index contributed by atoms with van der Waals surface area (Å²) in [5.41, 5.74) is 1.45. The van der Waals surface area contributed by atoms with Crippen LogP contribution < -0.4 is 5.32 Å². The molecule has 100 valence electrons. The van der Waals surface area contributed by atoms with Crippen molar-refractivity contribution < 1.29 is 13.2 Å². The molecule has 0 aliphatic rings. The highest BCUT2D eigenvalue weighted by Crippen LogP contribution is 2.16. The molecule has 0 heterocycles. The summed E-state index contributed by atoms with van der Waals surface area (Å²) in [5.74, 6) is -2.20. The molecular formula is C14H11ClF3N. The van der Waals surface area contributed by atoms with Gasteiger partial charge in [0.1, 0.15) is 5.82 Å². The second-order valence-electron chi connectivity index (χ2n) is 4.10. The summed E-state index contributed by atoms with van der Waals surface area (Å²) in [6, 6.07) is 8.15. The molecule has 2 aromatic carbocycles. The van der Waals surface area contributed by atoms with E-state index in [1.165, 1.54) is 18.2 Å². The van der Waals surface area contributed by atoms with Gasteiger partial charge >= 0.3 is 0 Å². The zero-order valence-corrected chi connectivity index (χ0v) is 10.6. The van der Waals surface area contributed by atoms with E-state index < -0.39 is 17.5 Å². The van der Waals surface area contributed by atoms with Gasteiger partial charge in [-0.2, -0.15) is 0 Å². The molecular weight excluding hydrogens is 275 g/mol. The third-order valence-electron chi connectivity index (χ3n) is 2.63. The zero-order chi connectivity index (χ0) is 13.8. The van der Waals surface area contributed by atoms with Gasteiger partial charge in [-0.15, -0.1) is 0 Å². The maximum absolute atomic E-state index is 13.0. The van der Waals surface area contributed by atoms with Crippen LogP contribution in [-0.4, -0.2) is 0 Å². The number of hydrogen-bond acceptors (Lipinski definition) is 1. The minimum atomic E-state index is -0.871. The largest absolute Gasteiger partial charge is 0.309 e. The molecule has 1 nitrogen and oxygen atoms in total. The van der Waals surface area contributed by atoms with Crippen LogP contribution in [0, 0.1) is 17.5 Å². The molecule has 0 atom stereocenters. The summed E-state index contributed by atoms with van der Waals surface area (Å²) in [6.07, 6.45) is 0. The van der Waals surface area contributed by atoms with Crippen molar-refractivity contribution >= 4 is 11.6 Å². The molecule has 0 saturated heterocycles. The number of benzene rings is 2. The van der Waals surface area contributed by atoms with Gasteiger partial charge in [-0.3, -0.25) is 0 Å². The topological polar surface area (TPSA) is 12.0 Å². The molecule has 0 unspecified atom stereocenters. The monoisotopic (exact) mass is 285 g/mol. The fourth-order valence-electron chi connectivity index (χ4n) is 1.65. The standard InChI is InChI=1S/C14H11ClF3N/c15-11-5-9(1-3-12(11)16)7-19-8-10-2-4-13(17)14(18)6-10/h1-6,19H,7-8H2.